The quantitative estimate of drug-likeness (QED) is 0.703. The highest BCUT2D eigenvalue weighted by Gasteiger charge is 1.98. The summed E-state index contributed by atoms with van der Waals surface area (Å²) in [6.07, 6.45) is 3.59. The Morgan fingerprint density at radius 3 is 2.58 bits per heavy atom. The van der Waals surface area contributed by atoms with E-state index in [2.05, 4.69) is 9.98 Å². The molecule has 0 spiro atoms. The number of hydrogen-bond acceptors (Lipinski definition) is 3. The molecule has 0 amide bonds. The average Bonchev–Trinajstić information content (AvgIpc) is 2.47. The van der Waals surface area contributed by atoms with Gasteiger partial charge in [0.1, 0.15) is 5.75 Å². The van der Waals surface area contributed by atoms with E-state index in [0.717, 1.165) is 22.2 Å². The normalized spacial score (nSPS) is 11.2. The molecule has 0 aliphatic carbocycles. The van der Waals surface area contributed by atoms with E-state index in [4.69, 9.17) is 0 Å². The van der Waals surface area contributed by atoms with Gasteiger partial charge in [0.2, 0.25) is 0 Å². The third-order valence-electron chi connectivity index (χ3n) is 2.89. The molecule has 1 heterocycles. The van der Waals surface area contributed by atoms with Gasteiger partial charge < -0.3 is 5.11 Å². The van der Waals surface area contributed by atoms with Crippen LogP contribution >= 0.6 is 0 Å². The summed E-state index contributed by atoms with van der Waals surface area (Å²) >= 11 is 0. The number of phenolic OH excluding ortho intramolecular Hbond substituents is 1. The van der Waals surface area contributed by atoms with Gasteiger partial charge in [0.25, 0.3) is 0 Å². The molecule has 0 aliphatic rings. The number of pyridine rings is 1. The maximum Gasteiger partial charge on any atom is 0.115 e. The van der Waals surface area contributed by atoms with Crippen LogP contribution < -0.4 is 0 Å². The molecule has 0 unspecified atom stereocenters. The van der Waals surface area contributed by atoms with Crippen LogP contribution in [0.1, 0.15) is 5.56 Å². The lowest BCUT2D eigenvalue weighted by Gasteiger charge is -2.00. The summed E-state index contributed by atoms with van der Waals surface area (Å²) in [6.45, 7) is 0. The molecule has 0 fully saturated rings. The molecule has 3 nitrogen and oxygen atoms in total. The zero-order valence-electron chi connectivity index (χ0n) is 10.2. The Hall–Kier alpha value is -2.68. The number of aromatic nitrogens is 1. The molecule has 92 valence electrons. The summed E-state index contributed by atoms with van der Waals surface area (Å²) in [5, 5.41) is 10.3. The van der Waals surface area contributed by atoms with E-state index in [9.17, 15) is 5.11 Å². The van der Waals surface area contributed by atoms with Crippen molar-refractivity contribution in [1.29, 1.82) is 0 Å². The minimum absolute atomic E-state index is 0.244. The van der Waals surface area contributed by atoms with Crippen LogP contribution in [0.5, 0.6) is 5.75 Å². The summed E-state index contributed by atoms with van der Waals surface area (Å²) in [6, 6.07) is 16.7. The van der Waals surface area contributed by atoms with Crippen molar-refractivity contribution in [2.75, 3.05) is 0 Å². The Bertz CT molecular complexity index is 728. The number of benzene rings is 2. The van der Waals surface area contributed by atoms with Gasteiger partial charge in [-0.25, -0.2) is 0 Å². The lowest BCUT2D eigenvalue weighted by atomic mass is 10.1. The Kier molecular flexibility index (Phi) is 2.94. The SMILES string of the molecule is Oc1ccc(N=Cc2ccnc3ccccc23)cc1. The van der Waals surface area contributed by atoms with E-state index < -0.39 is 0 Å². The number of aromatic hydroxyl groups is 1. The fourth-order valence-corrected chi connectivity index (χ4v) is 1.91. The molecular formula is C16H12N2O. The lowest BCUT2D eigenvalue weighted by Crippen LogP contribution is -1.86. The van der Waals surface area contributed by atoms with Gasteiger partial charge in [0.05, 0.1) is 11.2 Å². The summed E-state index contributed by atoms with van der Waals surface area (Å²) in [5.74, 6) is 0.244. The first-order valence-corrected chi connectivity index (χ1v) is 6.00. The summed E-state index contributed by atoms with van der Waals surface area (Å²) in [4.78, 5) is 8.72. The molecule has 1 N–H and O–H groups in total. The van der Waals surface area contributed by atoms with Crippen LogP contribution in [0.15, 0.2) is 65.8 Å². The molecule has 0 saturated heterocycles. The fraction of sp³-hybridized carbons (Fsp3) is 0. The minimum Gasteiger partial charge on any atom is -0.508 e. The molecule has 19 heavy (non-hydrogen) atoms. The van der Waals surface area contributed by atoms with Crippen molar-refractivity contribution in [3.8, 4) is 5.75 Å². The van der Waals surface area contributed by atoms with E-state index in [1.165, 1.54) is 0 Å². The van der Waals surface area contributed by atoms with Gasteiger partial charge in [-0.05, 0) is 36.4 Å². The van der Waals surface area contributed by atoms with Gasteiger partial charge in [-0.15, -0.1) is 0 Å². The van der Waals surface area contributed by atoms with Gasteiger partial charge in [-0.2, -0.15) is 0 Å². The Morgan fingerprint density at radius 2 is 1.74 bits per heavy atom. The Morgan fingerprint density at radius 1 is 0.947 bits per heavy atom. The molecule has 0 bridgehead atoms. The second-order valence-electron chi connectivity index (χ2n) is 4.19. The second-order valence-corrected chi connectivity index (χ2v) is 4.19. The third-order valence-corrected chi connectivity index (χ3v) is 2.89. The molecule has 2 aromatic carbocycles. The molecule has 3 heteroatoms. The third kappa shape index (κ3) is 2.45. The molecule has 3 rings (SSSR count). The van der Waals surface area contributed by atoms with E-state index in [0.29, 0.717) is 0 Å². The van der Waals surface area contributed by atoms with Crippen LogP contribution in [-0.2, 0) is 0 Å². The number of fused-ring (bicyclic) bond motifs is 1. The van der Waals surface area contributed by atoms with Crippen LogP contribution in [0.25, 0.3) is 10.9 Å². The molecule has 1 aromatic heterocycles. The number of rotatable bonds is 2. The van der Waals surface area contributed by atoms with E-state index >= 15 is 0 Å². The zero-order valence-corrected chi connectivity index (χ0v) is 10.2. The highest BCUT2D eigenvalue weighted by molar-refractivity contribution is 5.98. The summed E-state index contributed by atoms with van der Waals surface area (Å²) in [7, 11) is 0. The average molecular weight is 248 g/mol. The first kappa shape index (κ1) is 11.4. The topological polar surface area (TPSA) is 45.5 Å². The van der Waals surface area contributed by atoms with Crippen molar-refractivity contribution in [1.82, 2.24) is 4.98 Å². The first-order valence-electron chi connectivity index (χ1n) is 6.00. The van der Waals surface area contributed by atoms with Crippen molar-refractivity contribution < 1.29 is 5.11 Å². The number of phenols is 1. The highest BCUT2D eigenvalue weighted by atomic mass is 16.3. The largest absolute Gasteiger partial charge is 0.508 e. The van der Waals surface area contributed by atoms with Crippen molar-refractivity contribution in [2.24, 2.45) is 4.99 Å². The summed E-state index contributed by atoms with van der Waals surface area (Å²) in [5.41, 5.74) is 2.79. The van der Waals surface area contributed by atoms with Crippen LogP contribution in [0.3, 0.4) is 0 Å². The number of para-hydroxylation sites is 1. The second kappa shape index (κ2) is 4.90. The van der Waals surface area contributed by atoms with Gasteiger partial charge in [0, 0.05) is 23.4 Å². The molecule has 0 atom stereocenters. The van der Waals surface area contributed by atoms with Gasteiger partial charge in [-0.1, -0.05) is 18.2 Å². The molecule has 3 aromatic rings. The zero-order chi connectivity index (χ0) is 13.1. The maximum atomic E-state index is 9.22. The van der Waals surface area contributed by atoms with Crippen LogP contribution in [0.4, 0.5) is 5.69 Å². The molecular weight excluding hydrogens is 236 g/mol. The molecule has 0 aliphatic heterocycles. The van der Waals surface area contributed by atoms with Gasteiger partial charge in [0.15, 0.2) is 0 Å². The standard InChI is InChI=1S/C16H12N2O/c19-14-7-5-13(6-8-14)18-11-12-9-10-17-16-4-2-1-3-15(12)16/h1-11,19H. The Labute approximate surface area is 110 Å². The van der Waals surface area contributed by atoms with E-state index in [1.807, 2.05) is 36.5 Å². The number of aliphatic imine (C=N–C) groups is 1. The molecule has 0 radical (unpaired) electrons. The van der Waals surface area contributed by atoms with Gasteiger partial charge in [-0.3, -0.25) is 9.98 Å². The van der Waals surface area contributed by atoms with Crippen LogP contribution in [0.2, 0.25) is 0 Å². The predicted molar refractivity (Wildman–Crippen MR) is 77.1 cm³/mol. The minimum atomic E-state index is 0.244. The smallest absolute Gasteiger partial charge is 0.115 e. The van der Waals surface area contributed by atoms with Crippen LogP contribution in [0, 0.1) is 0 Å². The summed E-state index contributed by atoms with van der Waals surface area (Å²) < 4.78 is 0. The predicted octanol–water partition coefficient (Wildman–Crippen LogP) is 3.69. The number of nitrogens with zero attached hydrogens (tertiary/aromatic N) is 2. The highest BCUT2D eigenvalue weighted by Crippen LogP contribution is 2.18. The fourth-order valence-electron chi connectivity index (χ4n) is 1.91. The van der Waals surface area contributed by atoms with Crippen LogP contribution in [-0.4, -0.2) is 16.3 Å². The van der Waals surface area contributed by atoms with E-state index in [1.54, 1.807) is 30.5 Å². The van der Waals surface area contributed by atoms with Crippen molar-refractivity contribution in [2.45, 2.75) is 0 Å². The van der Waals surface area contributed by atoms with E-state index in [-0.39, 0.29) is 5.75 Å². The number of hydrogen-bond donors (Lipinski definition) is 1. The lowest BCUT2D eigenvalue weighted by molar-refractivity contribution is 0.475. The maximum absolute atomic E-state index is 9.22. The van der Waals surface area contributed by atoms with Gasteiger partial charge >= 0.3 is 0 Å². The molecule has 0 saturated carbocycles. The van der Waals surface area contributed by atoms with Crippen molar-refractivity contribution >= 4 is 22.8 Å². The Balaban J connectivity index is 1.99. The monoisotopic (exact) mass is 248 g/mol. The first-order chi connectivity index (χ1) is 9.33. The van der Waals surface area contributed by atoms with Crippen molar-refractivity contribution in [3.63, 3.8) is 0 Å². The van der Waals surface area contributed by atoms with Crippen molar-refractivity contribution in [3.05, 3.63) is 66.4 Å².